The molecule has 0 radical (unpaired) electrons. The van der Waals surface area contributed by atoms with E-state index >= 15 is 0 Å². The summed E-state index contributed by atoms with van der Waals surface area (Å²) in [6, 6.07) is 0.785. The predicted octanol–water partition coefficient (Wildman–Crippen LogP) is 1.73. The number of rotatable bonds is 5. The minimum Gasteiger partial charge on any atom is -0.372 e. The lowest BCUT2D eigenvalue weighted by Gasteiger charge is -2.20. The average molecular weight is 235 g/mol. The van der Waals surface area contributed by atoms with Crippen LogP contribution in [0, 0.1) is 5.92 Å². The van der Waals surface area contributed by atoms with Gasteiger partial charge in [0.1, 0.15) is 6.10 Å². The summed E-state index contributed by atoms with van der Waals surface area (Å²) in [4.78, 5) is 4.24. The largest absolute Gasteiger partial charge is 0.372 e. The highest BCUT2D eigenvalue weighted by atomic mass is 16.5. The minimum absolute atomic E-state index is 0.240. The number of hydrogen-bond acceptors (Lipinski definition) is 3. The zero-order valence-electron chi connectivity index (χ0n) is 10.4. The second-order valence-corrected chi connectivity index (χ2v) is 5.13. The van der Waals surface area contributed by atoms with E-state index in [1.54, 1.807) is 0 Å². The zero-order valence-corrected chi connectivity index (χ0v) is 10.4. The molecule has 1 aromatic rings. The van der Waals surface area contributed by atoms with Gasteiger partial charge in [-0.1, -0.05) is 0 Å². The number of hydrogen-bond donors (Lipinski definition) is 1. The fourth-order valence-corrected chi connectivity index (χ4v) is 2.61. The van der Waals surface area contributed by atoms with E-state index < -0.39 is 0 Å². The van der Waals surface area contributed by atoms with E-state index in [4.69, 9.17) is 4.74 Å². The van der Waals surface area contributed by atoms with E-state index in [1.807, 2.05) is 12.5 Å². The lowest BCUT2D eigenvalue weighted by atomic mass is 9.99. The lowest BCUT2D eigenvalue weighted by molar-refractivity contribution is 0.0840. The fraction of sp³-hybridized carbons (Fsp3) is 0.769. The van der Waals surface area contributed by atoms with Crippen LogP contribution in [0.5, 0.6) is 0 Å². The molecule has 2 heterocycles. The summed E-state index contributed by atoms with van der Waals surface area (Å²) in [5, 5.41) is 3.62. The van der Waals surface area contributed by atoms with E-state index in [1.165, 1.54) is 25.0 Å². The van der Waals surface area contributed by atoms with Gasteiger partial charge in [0.25, 0.3) is 0 Å². The molecule has 3 rings (SSSR count). The molecule has 2 fully saturated rings. The van der Waals surface area contributed by atoms with Crippen molar-refractivity contribution in [2.24, 2.45) is 5.92 Å². The van der Waals surface area contributed by atoms with Crippen LogP contribution < -0.4 is 5.32 Å². The summed E-state index contributed by atoms with van der Waals surface area (Å²) in [5.41, 5.74) is 1.24. The van der Waals surface area contributed by atoms with E-state index in [0.717, 1.165) is 25.7 Å². The summed E-state index contributed by atoms with van der Waals surface area (Å²) >= 11 is 0. The normalized spacial score (nSPS) is 28.8. The molecular formula is C13H21N3O. The maximum atomic E-state index is 5.90. The van der Waals surface area contributed by atoms with Crippen molar-refractivity contribution in [3.05, 3.63) is 18.2 Å². The Morgan fingerprint density at radius 2 is 2.35 bits per heavy atom. The van der Waals surface area contributed by atoms with Crippen molar-refractivity contribution in [3.63, 3.8) is 0 Å². The molecule has 0 spiro atoms. The van der Waals surface area contributed by atoms with Gasteiger partial charge in [0.2, 0.25) is 0 Å². The Kier molecular flexibility index (Phi) is 3.16. The maximum absolute atomic E-state index is 5.90. The van der Waals surface area contributed by atoms with Gasteiger partial charge in [-0.2, -0.15) is 0 Å². The number of nitrogens with zero attached hydrogens (tertiary/aromatic N) is 2. The highest BCUT2D eigenvalue weighted by molar-refractivity contribution is 5.07. The Bertz CT molecular complexity index is 372. The van der Waals surface area contributed by atoms with E-state index in [-0.39, 0.29) is 6.10 Å². The van der Waals surface area contributed by atoms with Crippen molar-refractivity contribution < 1.29 is 4.74 Å². The first-order valence-electron chi connectivity index (χ1n) is 6.73. The summed E-state index contributed by atoms with van der Waals surface area (Å²) in [6.07, 6.45) is 7.98. The molecule has 0 aromatic carbocycles. The van der Waals surface area contributed by atoms with Gasteiger partial charge in [-0.05, 0) is 26.2 Å². The van der Waals surface area contributed by atoms with E-state index in [9.17, 15) is 0 Å². The van der Waals surface area contributed by atoms with Gasteiger partial charge in [0.05, 0.1) is 18.2 Å². The number of nitrogens with one attached hydrogen (secondary N) is 1. The molecule has 2 aliphatic rings. The first kappa shape index (κ1) is 11.2. The molecule has 1 N–H and O–H groups in total. The van der Waals surface area contributed by atoms with Crippen LogP contribution in [0.3, 0.4) is 0 Å². The molecule has 17 heavy (non-hydrogen) atoms. The molecule has 2 atom stereocenters. The Labute approximate surface area is 102 Å². The molecule has 1 aliphatic heterocycles. The summed E-state index contributed by atoms with van der Waals surface area (Å²) in [7, 11) is 0. The molecule has 1 aliphatic carbocycles. The summed E-state index contributed by atoms with van der Waals surface area (Å²) < 4.78 is 8.10. The van der Waals surface area contributed by atoms with Gasteiger partial charge < -0.3 is 14.6 Å². The van der Waals surface area contributed by atoms with Crippen molar-refractivity contribution in [2.75, 3.05) is 13.2 Å². The van der Waals surface area contributed by atoms with Crippen molar-refractivity contribution in [1.82, 2.24) is 14.9 Å². The van der Waals surface area contributed by atoms with Gasteiger partial charge in [0, 0.05) is 31.7 Å². The molecule has 1 saturated heterocycles. The quantitative estimate of drug-likeness (QED) is 0.845. The summed E-state index contributed by atoms with van der Waals surface area (Å²) in [5.74, 6) is 0.609. The van der Waals surface area contributed by atoms with Gasteiger partial charge in [0.15, 0.2) is 0 Å². The van der Waals surface area contributed by atoms with Crippen molar-refractivity contribution in [3.8, 4) is 0 Å². The maximum Gasteiger partial charge on any atom is 0.103 e. The van der Waals surface area contributed by atoms with Gasteiger partial charge >= 0.3 is 0 Å². The molecule has 1 aromatic heterocycles. The third kappa shape index (κ3) is 2.38. The Hall–Kier alpha value is -0.870. The number of aryl methyl sites for hydroxylation is 1. The molecule has 0 amide bonds. The molecule has 4 heteroatoms. The standard InChI is InChI=1S/C13H21N3O/c1-2-16-9-14-8-12(16)13-10(5-6-17-13)7-15-11-3-4-11/h8-11,13,15H,2-7H2,1H3. The molecule has 2 unspecified atom stereocenters. The van der Waals surface area contributed by atoms with Gasteiger partial charge in [-0.15, -0.1) is 0 Å². The highest BCUT2D eigenvalue weighted by Gasteiger charge is 2.33. The number of ether oxygens (including phenoxy) is 1. The van der Waals surface area contributed by atoms with Crippen molar-refractivity contribution in [1.29, 1.82) is 0 Å². The second-order valence-electron chi connectivity index (χ2n) is 5.13. The molecular weight excluding hydrogens is 214 g/mol. The van der Waals surface area contributed by atoms with Crippen LogP contribution in [-0.4, -0.2) is 28.7 Å². The van der Waals surface area contributed by atoms with E-state index in [2.05, 4.69) is 21.8 Å². The van der Waals surface area contributed by atoms with Crippen LogP contribution in [0.4, 0.5) is 0 Å². The molecule has 4 nitrogen and oxygen atoms in total. The van der Waals surface area contributed by atoms with Crippen molar-refractivity contribution in [2.45, 2.75) is 44.9 Å². The first-order chi connectivity index (χ1) is 8.38. The minimum atomic E-state index is 0.240. The van der Waals surface area contributed by atoms with Crippen LogP contribution in [0.25, 0.3) is 0 Å². The molecule has 94 valence electrons. The van der Waals surface area contributed by atoms with Gasteiger partial charge in [-0.25, -0.2) is 4.98 Å². The SMILES string of the molecule is CCn1cncc1C1OCCC1CNC1CC1. The summed E-state index contributed by atoms with van der Waals surface area (Å²) in [6.45, 7) is 5.09. The average Bonchev–Trinajstić information content (AvgIpc) is 2.89. The first-order valence-corrected chi connectivity index (χ1v) is 6.73. The Balaban J connectivity index is 1.67. The van der Waals surface area contributed by atoms with Crippen LogP contribution >= 0.6 is 0 Å². The predicted molar refractivity (Wildman–Crippen MR) is 65.7 cm³/mol. The topological polar surface area (TPSA) is 39.1 Å². The third-order valence-corrected chi connectivity index (χ3v) is 3.84. The number of imidazole rings is 1. The smallest absolute Gasteiger partial charge is 0.103 e. The Morgan fingerprint density at radius 3 is 3.12 bits per heavy atom. The molecule has 0 bridgehead atoms. The van der Waals surface area contributed by atoms with Crippen molar-refractivity contribution >= 4 is 0 Å². The van der Waals surface area contributed by atoms with Crippen LogP contribution in [-0.2, 0) is 11.3 Å². The Morgan fingerprint density at radius 1 is 1.47 bits per heavy atom. The number of aromatic nitrogens is 2. The second kappa shape index (κ2) is 4.78. The van der Waals surface area contributed by atoms with Crippen LogP contribution in [0.2, 0.25) is 0 Å². The lowest BCUT2D eigenvalue weighted by Crippen LogP contribution is -2.27. The monoisotopic (exact) mass is 235 g/mol. The van der Waals surface area contributed by atoms with Crippen LogP contribution in [0.15, 0.2) is 12.5 Å². The van der Waals surface area contributed by atoms with E-state index in [0.29, 0.717) is 5.92 Å². The highest BCUT2D eigenvalue weighted by Crippen LogP contribution is 2.34. The third-order valence-electron chi connectivity index (χ3n) is 3.84. The van der Waals surface area contributed by atoms with Crippen LogP contribution in [0.1, 0.15) is 38.0 Å². The van der Waals surface area contributed by atoms with Gasteiger partial charge in [-0.3, -0.25) is 0 Å². The molecule has 1 saturated carbocycles. The zero-order chi connectivity index (χ0) is 11.7. The fourth-order valence-electron chi connectivity index (χ4n) is 2.61.